The predicted octanol–water partition coefficient (Wildman–Crippen LogP) is 1.60. The van der Waals surface area contributed by atoms with Crippen LogP contribution in [0, 0.1) is 6.92 Å². The zero-order valence-corrected chi connectivity index (χ0v) is 9.11. The Morgan fingerprint density at radius 1 is 1.60 bits per heavy atom. The maximum atomic E-state index is 11.4. The van der Waals surface area contributed by atoms with Gasteiger partial charge in [-0.2, -0.15) is 0 Å². The lowest BCUT2D eigenvalue weighted by Crippen LogP contribution is -2.07. The highest BCUT2D eigenvalue weighted by Gasteiger charge is 2.23. The third-order valence-electron chi connectivity index (χ3n) is 2.12. The predicted molar refractivity (Wildman–Crippen MR) is 52.4 cm³/mol. The second-order valence-electron chi connectivity index (χ2n) is 3.16. The van der Waals surface area contributed by atoms with Crippen molar-refractivity contribution in [2.24, 2.45) is 0 Å². The molecule has 1 heterocycles. The largest absolute Gasteiger partial charge is 0.461 e. The van der Waals surface area contributed by atoms with Gasteiger partial charge in [-0.15, -0.1) is 0 Å². The van der Waals surface area contributed by atoms with Gasteiger partial charge in [0.25, 0.3) is 0 Å². The number of rotatable bonds is 4. The Bertz CT molecular complexity index is 345. The maximum absolute atomic E-state index is 11.4. The first-order valence-electron chi connectivity index (χ1n) is 4.93. The summed E-state index contributed by atoms with van der Waals surface area (Å²) < 4.78 is 9.71. The van der Waals surface area contributed by atoms with Crippen molar-refractivity contribution < 1.29 is 19.2 Å². The fraction of sp³-hybridized carbons (Fsp3) is 0.600. The molecule has 0 spiro atoms. The highest BCUT2D eigenvalue weighted by atomic mass is 16.5. The first-order chi connectivity index (χ1) is 7.11. The lowest BCUT2D eigenvalue weighted by atomic mass is 10.1. The minimum atomic E-state index is -0.722. The lowest BCUT2D eigenvalue weighted by molar-refractivity contribution is 0.0513. The number of carbonyl (C=O) groups is 1. The molecule has 1 N–H and O–H groups in total. The molecule has 1 aromatic rings. The summed E-state index contributed by atoms with van der Waals surface area (Å²) in [6.07, 6.45) is -0.209. The summed E-state index contributed by atoms with van der Waals surface area (Å²) in [5.74, 6) is -0.186. The molecule has 1 aromatic heterocycles. The molecule has 1 atom stereocenters. The van der Waals surface area contributed by atoms with Gasteiger partial charge >= 0.3 is 5.97 Å². The van der Waals surface area contributed by atoms with Gasteiger partial charge in [0.05, 0.1) is 6.61 Å². The molecule has 0 aromatic carbocycles. The van der Waals surface area contributed by atoms with Gasteiger partial charge in [0.15, 0.2) is 11.5 Å². The van der Waals surface area contributed by atoms with Crippen LogP contribution in [0.25, 0.3) is 0 Å². The van der Waals surface area contributed by atoms with Gasteiger partial charge in [-0.1, -0.05) is 12.1 Å². The number of hydrogen-bond acceptors (Lipinski definition) is 5. The van der Waals surface area contributed by atoms with Crippen LogP contribution in [0.5, 0.6) is 0 Å². The third kappa shape index (κ3) is 2.36. The minimum absolute atomic E-state index is 0.138. The summed E-state index contributed by atoms with van der Waals surface area (Å²) in [7, 11) is 0. The summed E-state index contributed by atoms with van der Waals surface area (Å²) in [6.45, 7) is 5.50. The van der Waals surface area contributed by atoms with Gasteiger partial charge in [0.1, 0.15) is 6.10 Å². The molecule has 0 aliphatic heterocycles. The van der Waals surface area contributed by atoms with E-state index in [0.717, 1.165) is 0 Å². The molecule has 5 nitrogen and oxygen atoms in total. The van der Waals surface area contributed by atoms with Crippen molar-refractivity contribution in [2.75, 3.05) is 6.61 Å². The first kappa shape index (κ1) is 11.7. The average molecular weight is 213 g/mol. The van der Waals surface area contributed by atoms with Gasteiger partial charge in [-0.3, -0.25) is 0 Å². The minimum Gasteiger partial charge on any atom is -0.461 e. The van der Waals surface area contributed by atoms with Gasteiger partial charge in [0.2, 0.25) is 0 Å². The van der Waals surface area contributed by atoms with Crippen molar-refractivity contribution in [1.82, 2.24) is 5.16 Å². The van der Waals surface area contributed by atoms with Crippen molar-refractivity contribution >= 4 is 5.97 Å². The summed E-state index contributed by atoms with van der Waals surface area (Å²) in [5.41, 5.74) is 0.683. The molecule has 15 heavy (non-hydrogen) atoms. The third-order valence-corrected chi connectivity index (χ3v) is 2.12. The van der Waals surface area contributed by atoms with Crippen LogP contribution < -0.4 is 0 Å². The summed E-state index contributed by atoms with van der Waals surface area (Å²) in [6, 6.07) is 0. The SMILES string of the molecule is CCOC(=O)c1noc(C(O)CC)c1C. The molecule has 1 rings (SSSR count). The molecule has 0 radical (unpaired) electrons. The molecule has 0 saturated heterocycles. The number of aromatic nitrogens is 1. The van der Waals surface area contributed by atoms with Gasteiger partial charge in [0, 0.05) is 5.56 Å². The zero-order valence-electron chi connectivity index (χ0n) is 9.11. The molecule has 0 bridgehead atoms. The number of nitrogens with zero attached hydrogens (tertiary/aromatic N) is 1. The molecule has 0 amide bonds. The quantitative estimate of drug-likeness (QED) is 0.769. The number of carbonyl (C=O) groups excluding carboxylic acids is 1. The Labute approximate surface area is 88.0 Å². The fourth-order valence-corrected chi connectivity index (χ4v) is 1.23. The smallest absolute Gasteiger partial charge is 0.360 e. The normalized spacial score (nSPS) is 12.5. The molecular formula is C10H15NO4. The number of aliphatic hydroxyl groups is 1. The van der Waals surface area contributed by atoms with Crippen LogP contribution in [0.2, 0.25) is 0 Å². The molecule has 1 unspecified atom stereocenters. The summed E-state index contributed by atoms with van der Waals surface area (Å²) >= 11 is 0. The Hall–Kier alpha value is -1.36. The molecule has 0 fully saturated rings. The number of hydrogen-bond donors (Lipinski definition) is 1. The van der Waals surface area contributed by atoms with E-state index in [1.165, 1.54) is 0 Å². The monoisotopic (exact) mass is 213 g/mol. The summed E-state index contributed by atoms with van der Waals surface area (Å²) in [4.78, 5) is 11.4. The van der Waals surface area contributed by atoms with Crippen LogP contribution in [-0.2, 0) is 4.74 Å². The van der Waals surface area contributed by atoms with E-state index in [1.807, 2.05) is 6.92 Å². The standard InChI is InChI=1S/C10H15NO4/c1-4-7(12)9-6(3)8(11-15-9)10(13)14-5-2/h7,12H,4-5H2,1-3H3. The maximum Gasteiger partial charge on any atom is 0.360 e. The molecule has 0 aliphatic rings. The van der Waals surface area contributed by atoms with Crippen LogP contribution in [0.4, 0.5) is 0 Å². The van der Waals surface area contributed by atoms with E-state index in [9.17, 15) is 9.90 Å². The van der Waals surface area contributed by atoms with Crippen molar-refractivity contribution in [3.05, 3.63) is 17.0 Å². The number of esters is 1. The molecule has 0 saturated carbocycles. The van der Waals surface area contributed by atoms with Crippen LogP contribution in [-0.4, -0.2) is 22.8 Å². The molecular weight excluding hydrogens is 198 g/mol. The van der Waals surface area contributed by atoms with E-state index in [2.05, 4.69) is 5.16 Å². The van der Waals surface area contributed by atoms with Crippen LogP contribution in [0.3, 0.4) is 0 Å². The topological polar surface area (TPSA) is 72.6 Å². The highest BCUT2D eigenvalue weighted by Crippen LogP contribution is 2.23. The number of aliphatic hydroxyl groups excluding tert-OH is 1. The number of ether oxygens (including phenoxy) is 1. The van der Waals surface area contributed by atoms with Crippen molar-refractivity contribution in [3.63, 3.8) is 0 Å². The second-order valence-corrected chi connectivity index (χ2v) is 3.16. The van der Waals surface area contributed by atoms with Crippen LogP contribution in [0.15, 0.2) is 4.52 Å². The molecule has 5 heteroatoms. The van der Waals surface area contributed by atoms with E-state index in [-0.39, 0.29) is 12.3 Å². The highest BCUT2D eigenvalue weighted by molar-refractivity contribution is 5.88. The Balaban J connectivity index is 2.93. The van der Waals surface area contributed by atoms with Crippen molar-refractivity contribution in [3.8, 4) is 0 Å². The Morgan fingerprint density at radius 3 is 2.80 bits per heavy atom. The molecule has 84 valence electrons. The van der Waals surface area contributed by atoms with E-state index in [0.29, 0.717) is 17.7 Å². The Kier molecular flexibility index (Phi) is 3.85. The second kappa shape index (κ2) is 4.93. The fourth-order valence-electron chi connectivity index (χ4n) is 1.23. The first-order valence-corrected chi connectivity index (χ1v) is 4.93. The lowest BCUT2D eigenvalue weighted by Gasteiger charge is -2.03. The summed E-state index contributed by atoms with van der Waals surface area (Å²) in [5, 5.41) is 13.1. The van der Waals surface area contributed by atoms with Crippen LogP contribution in [0.1, 0.15) is 48.2 Å². The zero-order chi connectivity index (χ0) is 11.4. The van der Waals surface area contributed by atoms with E-state index in [1.54, 1.807) is 13.8 Å². The van der Waals surface area contributed by atoms with Crippen molar-refractivity contribution in [2.45, 2.75) is 33.3 Å². The van der Waals surface area contributed by atoms with E-state index < -0.39 is 12.1 Å². The van der Waals surface area contributed by atoms with Gasteiger partial charge in [-0.05, 0) is 20.3 Å². The molecule has 0 aliphatic carbocycles. The van der Waals surface area contributed by atoms with E-state index in [4.69, 9.17) is 9.26 Å². The average Bonchev–Trinajstić information content (AvgIpc) is 2.59. The van der Waals surface area contributed by atoms with Gasteiger partial charge in [-0.25, -0.2) is 4.79 Å². The van der Waals surface area contributed by atoms with E-state index >= 15 is 0 Å². The van der Waals surface area contributed by atoms with Crippen molar-refractivity contribution in [1.29, 1.82) is 0 Å². The Morgan fingerprint density at radius 2 is 2.27 bits per heavy atom. The van der Waals surface area contributed by atoms with Gasteiger partial charge < -0.3 is 14.4 Å². The van der Waals surface area contributed by atoms with Crippen LogP contribution >= 0.6 is 0 Å².